The van der Waals surface area contributed by atoms with Crippen LogP contribution >= 0.6 is 0 Å². The van der Waals surface area contributed by atoms with Gasteiger partial charge in [0.2, 0.25) is 0 Å². The van der Waals surface area contributed by atoms with E-state index in [-0.39, 0.29) is 5.69 Å². The Kier molecular flexibility index (Phi) is 3.99. The Balaban J connectivity index is 2.87. The van der Waals surface area contributed by atoms with E-state index in [1.807, 2.05) is 11.9 Å². The van der Waals surface area contributed by atoms with E-state index in [0.717, 1.165) is 0 Å². The summed E-state index contributed by atoms with van der Waals surface area (Å²) in [6, 6.07) is 0. The minimum atomic E-state index is -0.495. The van der Waals surface area contributed by atoms with Gasteiger partial charge in [0, 0.05) is 20.1 Å². The van der Waals surface area contributed by atoms with E-state index in [1.54, 1.807) is 6.20 Å². The minimum Gasteiger partial charge on any atom is -0.464 e. The molecule has 0 radical (unpaired) electrons. The van der Waals surface area contributed by atoms with E-state index in [9.17, 15) is 4.79 Å². The van der Waals surface area contributed by atoms with Crippen LogP contribution in [0.2, 0.25) is 0 Å². The van der Waals surface area contributed by atoms with Crippen LogP contribution < -0.4 is 10.6 Å². The Hall–Kier alpha value is -1.69. The Morgan fingerprint density at radius 2 is 2.33 bits per heavy atom. The summed E-state index contributed by atoms with van der Waals surface area (Å²) < 4.78 is 4.55. The van der Waals surface area contributed by atoms with Crippen molar-refractivity contribution in [2.45, 2.75) is 0 Å². The summed E-state index contributed by atoms with van der Waals surface area (Å²) in [5.41, 5.74) is 5.60. The topological polar surface area (TPSA) is 81.3 Å². The Labute approximate surface area is 88.1 Å². The van der Waals surface area contributed by atoms with Gasteiger partial charge >= 0.3 is 5.97 Å². The standard InChI is InChI=1S/C9H14N4O2/c1-13(4-3-10)8-6-11-5-7(12-8)9(14)15-2/h5-6H,3-4,10H2,1-2H3. The molecule has 15 heavy (non-hydrogen) atoms. The molecule has 1 heterocycles. The first-order chi connectivity index (χ1) is 7.19. The highest BCUT2D eigenvalue weighted by Crippen LogP contribution is 2.07. The molecule has 0 amide bonds. The van der Waals surface area contributed by atoms with Crippen molar-refractivity contribution >= 4 is 11.8 Å². The molecule has 1 rings (SSSR count). The van der Waals surface area contributed by atoms with Gasteiger partial charge in [-0.15, -0.1) is 0 Å². The fourth-order valence-corrected chi connectivity index (χ4v) is 1.05. The molecule has 0 atom stereocenters. The van der Waals surface area contributed by atoms with Gasteiger partial charge in [0.05, 0.1) is 19.5 Å². The average molecular weight is 210 g/mol. The van der Waals surface area contributed by atoms with Crippen LogP contribution in [0.3, 0.4) is 0 Å². The molecule has 0 aliphatic carbocycles. The predicted molar refractivity (Wildman–Crippen MR) is 55.7 cm³/mol. The first kappa shape index (κ1) is 11.4. The quantitative estimate of drug-likeness (QED) is 0.684. The SMILES string of the molecule is COC(=O)c1cncc(N(C)CCN)n1. The highest BCUT2D eigenvalue weighted by atomic mass is 16.5. The van der Waals surface area contributed by atoms with Crippen molar-refractivity contribution in [1.82, 2.24) is 9.97 Å². The zero-order valence-electron chi connectivity index (χ0n) is 8.80. The van der Waals surface area contributed by atoms with E-state index in [1.165, 1.54) is 13.3 Å². The molecule has 2 N–H and O–H groups in total. The Morgan fingerprint density at radius 3 is 2.93 bits per heavy atom. The van der Waals surface area contributed by atoms with Gasteiger partial charge in [-0.3, -0.25) is 4.98 Å². The molecule has 1 aromatic rings. The number of ether oxygens (including phenoxy) is 1. The molecular formula is C9H14N4O2. The molecule has 82 valence electrons. The van der Waals surface area contributed by atoms with Crippen molar-refractivity contribution in [2.75, 3.05) is 32.1 Å². The number of esters is 1. The molecule has 0 aliphatic rings. The highest BCUT2D eigenvalue weighted by molar-refractivity contribution is 5.87. The van der Waals surface area contributed by atoms with E-state index in [2.05, 4.69) is 14.7 Å². The third-order valence-electron chi connectivity index (χ3n) is 1.87. The zero-order valence-corrected chi connectivity index (χ0v) is 8.80. The highest BCUT2D eigenvalue weighted by Gasteiger charge is 2.10. The second-order valence-corrected chi connectivity index (χ2v) is 2.96. The van der Waals surface area contributed by atoms with E-state index < -0.39 is 5.97 Å². The lowest BCUT2D eigenvalue weighted by molar-refractivity contribution is 0.0593. The number of hydrogen-bond acceptors (Lipinski definition) is 6. The number of rotatable bonds is 4. The summed E-state index contributed by atoms with van der Waals surface area (Å²) in [7, 11) is 3.14. The number of carbonyl (C=O) groups is 1. The number of hydrogen-bond donors (Lipinski definition) is 1. The normalized spacial score (nSPS) is 9.80. The van der Waals surface area contributed by atoms with Gasteiger partial charge in [-0.05, 0) is 0 Å². The lowest BCUT2D eigenvalue weighted by Crippen LogP contribution is -2.26. The predicted octanol–water partition coefficient (Wildman–Crippen LogP) is -0.342. The van der Waals surface area contributed by atoms with E-state index in [0.29, 0.717) is 18.9 Å². The lowest BCUT2D eigenvalue weighted by Gasteiger charge is -2.16. The molecule has 6 heteroatoms. The molecule has 0 aliphatic heterocycles. The molecular weight excluding hydrogens is 196 g/mol. The lowest BCUT2D eigenvalue weighted by atomic mass is 10.4. The van der Waals surface area contributed by atoms with Crippen molar-refractivity contribution in [3.63, 3.8) is 0 Å². The summed E-state index contributed by atoms with van der Waals surface area (Å²) in [6.07, 6.45) is 2.94. The number of aromatic nitrogens is 2. The second-order valence-electron chi connectivity index (χ2n) is 2.96. The van der Waals surface area contributed by atoms with Crippen molar-refractivity contribution in [1.29, 1.82) is 0 Å². The second kappa shape index (κ2) is 5.26. The number of anilines is 1. The van der Waals surface area contributed by atoms with Crippen molar-refractivity contribution < 1.29 is 9.53 Å². The van der Waals surface area contributed by atoms with Gasteiger partial charge in [0.1, 0.15) is 5.82 Å². The third-order valence-corrected chi connectivity index (χ3v) is 1.87. The maximum absolute atomic E-state index is 11.2. The van der Waals surface area contributed by atoms with Gasteiger partial charge in [0.15, 0.2) is 5.69 Å². The third kappa shape index (κ3) is 2.88. The minimum absolute atomic E-state index is 0.193. The van der Waals surface area contributed by atoms with Crippen LogP contribution in [-0.4, -0.2) is 43.2 Å². The van der Waals surface area contributed by atoms with Gasteiger partial charge in [-0.25, -0.2) is 9.78 Å². The largest absolute Gasteiger partial charge is 0.464 e. The van der Waals surface area contributed by atoms with Gasteiger partial charge in [-0.2, -0.15) is 0 Å². The molecule has 6 nitrogen and oxygen atoms in total. The van der Waals surface area contributed by atoms with Crippen LogP contribution in [0.1, 0.15) is 10.5 Å². The summed E-state index contributed by atoms with van der Waals surface area (Å²) in [4.78, 5) is 21.0. The van der Waals surface area contributed by atoms with Gasteiger partial charge in [0.25, 0.3) is 0 Å². The van der Waals surface area contributed by atoms with Crippen molar-refractivity contribution in [3.8, 4) is 0 Å². The molecule has 0 unspecified atom stereocenters. The van der Waals surface area contributed by atoms with Crippen LogP contribution in [-0.2, 0) is 4.74 Å². The van der Waals surface area contributed by atoms with Crippen LogP contribution in [0.4, 0.5) is 5.82 Å². The van der Waals surface area contributed by atoms with Gasteiger partial charge < -0.3 is 15.4 Å². The smallest absolute Gasteiger partial charge is 0.358 e. The van der Waals surface area contributed by atoms with Crippen molar-refractivity contribution in [3.05, 3.63) is 18.1 Å². The molecule has 0 aromatic carbocycles. The molecule has 0 bridgehead atoms. The Morgan fingerprint density at radius 1 is 1.60 bits per heavy atom. The Bertz CT molecular complexity index is 343. The first-order valence-corrected chi connectivity index (χ1v) is 4.50. The molecule has 0 saturated carbocycles. The molecule has 0 fully saturated rings. The maximum Gasteiger partial charge on any atom is 0.358 e. The summed E-state index contributed by atoms with van der Waals surface area (Å²) in [6.45, 7) is 1.17. The van der Waals surface area contributed by atoms with Crippen molar-refractivity contribution in [2.24, 2.45) is 5.73 Å². The number of carbonyl (C=O) groups excluding carboxylic acids is 1. The van der Waals surface area contributed by atoms with Crippen LogP contribution in [0, 0.1) is 0 Å². The molecule has 0 spiro atoms. The molecule has 0 saturated heterocycles. The number of nitrogens with zero attached hydrogens (tertiary/aromatic N) is 3. The summed E-state index contributed by atoms with van der Waals surface area (Å²) in [5, 5.41) is 0. The number of methoxy groups -OCH3 is 1. The zero-order chi connectivity index (χ0) is 11.3. The van der Waals surface area contributed by atoms with Gasteiger partial charge in [-0.1, -0.05) is 0 Å². The van der Waals surface area contributed by atoms with Crippen LogP contribution in [0.15, 0.2) is 12.4 Å². The van der Waals surface area contributed by atoms with E-state index >= 15 is 0 Å². The maximum atomic E-state index is 11.2. The first-order valence-electron chi connectivity index (χ1n) is 4.50. The number of likely N-dealkylation sites (N-methyl/N-ethyl adjacent to an activating group) is 1. The van der Waals surface area contributed by atoms with Crippen LogP contribution in [0.25, 0.3) is 0 Å². The average Bonchev–Trinajstić information content (AvgIpc) is 2.28. The monoisotopic (exact) mass is 210 g/mol. The van der Waals surface area contributed by atoms with E-state index in [4.69, 9.17) is 5.73 Å². The fourth-order valence-electron chi connectivity index (χ4n) is 1.05. The fraction of sp³-hybridized carbons (Fsp3) is 0.444. The number of nitrogens with two attached hydrogens (primary N) is 1. The summed E-state index contributed by atoms with van der Waals surface area (Å²) >= 11 is 0. The summed E-state index contributed by atoms with van der Waals surface area (Å²) in [5.74, 6) is 0.105. The van der Waals surface area contributed by atoms with Crippen LogP contribution in [0.5, 0.6) is 0 Å². The molecule has 1 aromatic heterocycles.